The van der Waals surface area contributed by atoms with Gasteiger partial charge in [0.15, 0.2) is 0 Å². The van der Waals surface area contributed by atoms with E-state index in [0.29, 0.717) is 32.0 Å². The van der Waals surface area contributed by atoms with E-state index in [4.69, 9.17) is 39.5 Å². The topological polar surface area (TPSA) is 53.6 Å². The Balaban J connectivity index is 1.99. The van der Waals surface area contributed by atoms with Crippen molar-refractivity contribution in [2.75, 3.05) is 31.6 Å². The normalized spacial score (nSPS) is 18.0. The quantitative estimate of drug-likeness (QED) is 0.823. The number of nitrogens with zero attached hydrogens (tertiary/aromatic N) is 1. The highest BCUT2D eigenvalue weighted by Gasteiger charge is 2.39. The number of rotatable bonds is 3. The molecule has 21 heavy (non-hydrogen) atoms. The number of para-hydroxylation sites is 1. The second-order valence-corrected chi connectivity index (χ2v) is 6.93. The standard InChI is InChI=1S/C13H16Cl3N3O2/c14-13(15,16)11(19-6-8-21-9-7-19)18-12(20)17-10-4-2-1-3-5-10/h1-5,11H,6-9H2,(H2,17,18,20). The van der Waals surface area contributed by atoms with Crippen molar-refractivity contribution >= 4 is 46.5 Å². The monoisotopic (exact) mass is 351 g/mol. The van der Waals surface area contributed by atoms with Gasteiger partial charge in [0, 0.05) is 18.8 Å². The minimum Gasteiger partial charge on any atom is -0.379 e. The van der Waals surface area contributed by atoms with E-state index in [0.717, 1.165) is 0 Å². The van der Waals surface area contributed by atoms with Crippen LogP contribution in [0.5, 0.6) is 0 Å². The number of morpholine rings is 1. The average Bonchev–Trinajstić information content (AvgIpc) is 2.45. The molecule has 2 N–H and O–H groups in total. The number of ether oxygens (including phenoxy) is 1. The van der Waals surface area contributed by atoms with Crippen molar-refractivity contribution in [1.82, 2.24) is 10.2 Å². The number of nitrogens with one attached hydrogen (secondary N) is 2. The van der Waals surface area contributed by atoms with E-state index in [9.17, 15) is 4.79 Å². The zero-order chi connectivity index (χ0) is 15.3. The van der Waals surface area contributed by atoms with Crippen molar-refractivity contribution in [2.24, 2.45) is 0 Å². The molecule has 8 heteroatoms. The average molecular weight is 353 g/mol. The predicted octanol–water partition coefficient (Wildman–Crippen LogP) is 2.84. The molecule has 1 heterocycles. The lowest BCUT2D eigenvalue weighted by molar-refractivity contribution is 0.0127. The molecule has 2 amide bonds. The Morgan fingerprint density at radius 1 is 1.19 bits per heavy atom. The van der Waals surface area contributed by atoms with Crippen LogP contribution in [0.25, 0.3) is 0 Å². The Bertz CT molecular complexity index is 461. The van der Waals surface area contributed by atoms with Gasteiger partial charge in [-0.2, -0.15) is 0 Å². The van der Waals surface area contributed by atoms with Crippen LogP contribution in [0.4, 0.5) is 10.5 Å². The summed E-state index contributed by atoms with van der Waals surface area (Å²) in [5.41, 5.74) is 0.667. The number of carbonyl (C=O) groups excluding carboxylic acids is 1. The van der Waals surface area contributed by atoms with Gasteiger partial charge in [-0.15, -0.1) is 0 Å². The summed E-state index contributed by atoms with van der Waals surface area (Å²) in [6, 6.07) is 8.63. The fraction of sp³-hybridized carbons (Fsp3) is 0.462. The van der Waals surface area contributed by atoms with Crippen LogP contribution in [0.2, 0.25) is 0 Å². The Kier molecular flexibility index (Phi) is 5.96. The lowest BCUT2D eigenvalue weighted by Crippen LogP contribution is -2.59. The van der Waals surface area contributed by atoms with E-state index in [1.807, 2.05) is 23.1 Å². The van der Waals surface area contributed by atoms with E-state index in [-0.39, 0.29) is 0 Å². The van der Waals surface area contributed by atoms with Crippen LogP contribution in [0.3, 0.4) is 0 Å². The third-order valence-electron chi connectivity index (χ3n) is 3.02. The highest BCUT2D eigenvalue weighted by atomic mass is 35.6. The van der Waals surface area contributed by atoms with Gasteiger partial charge in [-0.1, -0.05) is 53.0 Å². The van der Waals surface area contributed by atoms with E-state index in [1.165, 1.54) is 0 Å². The van der Waals surface area contributed by atoms with E-state index in [1.54, 1.807) is 12.1 Å². The van der Waals surface area contributed by atoms with Crippen LogP contribution >= 0.6 is 34.8 Å². The lowest BCUT2D eigenvalue weighted by Gasteiger charge is -2.38. The molecule has 0 radical (unpaired) electrons. The molecule has 0 spiro atoms. The molecule has 1 unspecified atom stereocenters. The third kappa shape index (κ3) is 5.20. The number of halogens is 3. The lowest BCUT2D eigenvalue weighted by atomic mass is 10.3. The molecule has 1 atom stereocenters. The van der Waals surface area contributed by atoms with Crippen molar-refractivity contribution in [3.8, 4) is 0 Å². The summed E-state index contributed by atoms with van der Waals surface area (Å²) in [4.78, 5) is 13.9. The molecule has 0 bridgehead atoms. The van der Waals surface area contributed by atoms with Crippen molar-refractivity contribution in [1.29, 1.82) is 0 Å². The van der Waals surface area contributed by atoms with Crippen molar-refractivity contribution in [2.45, 2.75) is 9.96 Å². The van der Waals surface area contributed by atoms with Crippen LogP contribution < -0.4 is 10.6 Å². The Hall–Kier alpha value is -0.720. The largest absolute Gasteiger partial charge is 0.379 e. The van der Waals surface area contributed by atoms with E-state index in [2.05, 4.69) is 10.6 Å². The molecule has 1 aliphatic heterocycles. The van der Waals surface area contributed by atoms with Gasteiger partial charge in [0.25, 0.3) is 0 Å². The summed E-state index contributed by atoms with van der Waals surface area (Å²) in [5.74, 6) is 0. The van der Waals surface area contributed by atoms with Gasteiger partial charge in [-0.25, -0.2) is 4.79 Å². The Labute approximate surface area is 138 Å². The van der Waals surface area contributed by atoms with Gasteiger partial charge in [0.2, 0.25) is 3.79 Å². The smallest absolute Gasteiger partial charge is 0.320 e. The highest BCUT2D eigenvalue weighted by molar-refractivity contribution is 6.68. The minimum atomic E-state index is -1.63. The van der Waals surface area contributed by atoms with Crippen molar-refractivity contribution in [3.05, 3.63) is 30.3 Å². The molecule has 1 aromatic carbocycles. The van der Waals surface area contributed by atoms with Gasteiger partial charge >= 0.3 is 6.03 Å². The first kappa shape index (κ1) is 16.6. The molecular formula is C13H16Cl3N3O2. The number of amides is 2. The molecule has 1 fully saturated rings. The molecule has 0 saturated carbocycles. The van der Waals surface area contributed by atoms with E-state index >= 15 is 0 Å². The van der Waals surface area contributed by atoms with Crippen molar-refractivity contribution < 1.29 is 9.53 Å². The number of anilines is 1. The molecule has 2 rings (SSSR count). The zero-order valence-electron chi connectivity index (χ0n) is 11.2. The number of carbonyl (C=O) groups is 1. The zero-order valence-corrected chi connectivity index (χ0v) is 13.5. The Morgan fingerprint density at radius 3 is 2.38 bits per heavy atom. The molecule has 1 aromatic rings. The summed E-state index contributed by atoms with van der Waals surface area (Å²) >= 11 is 18.0. The summed E-state index contributed by atoms with van der Waals surface area (Å²) < 4.78 is 3.63. The molecule has 0 aliphatic carbocycles. The fourth-order valence-electron chi connectivity index (χ4n) is 2.03. The molecule has 116 valence electrons. The highest BCUT2D eigenvalue weighted by Crippen LogP contribution is 2.32. The van der Waals surface area contributed by atoms with Crippen LogP contribution in [0, 0.1) is 0 Å². The maximum Gasteiger partial charge on any atom is 0.320 e. The van der Waals surface area contributed by atoms with Gasteiger partial charge in [-0.05, 0) is 12.1 Å². The molecule has 0 aromatic heterocycles. The predicted molar refractivity (Wildman–Crippen MR) is 85.1 cm³/mol. The van der Waals surface area contributed by atoms with Gasteiger partial charge in [0.05, 0.1) is 13.2 Å². The van der Waals surface area contributed by atoms with Crippen LogP contribution in [-0.2, 0) is 4.74 Å². The molecule has 1 saturated heterocycles. The number of hydrogen-bond donors (Lipinski definition) is 2. The molecule has 5 nitrogen and oxygen atoms in total. The first-order valence-corrected chi connectivity index (χ1v) is 7.61. The fourth-order valence-corrected chi connectivity index (χ4v) is 2.61. The second-order valence-electron chi connectivity index (χ2n) is 4.56. The van der Waals surface area contributed by atoms with Crippen LogP contribution in [0.1, 0.15) is 0 Å². The van der Waals surface area contributed by atoms with Crippen LogP contribution in [-0.4, -0.2) is 47.2 Å². The SMILES string of the molecule is O=C(Nc1ccccc1)NC(N1CCOCC1)C(Cl)(Cl)Cl. The molecular weight excluding hydrogens is 337 g/mol. The number of benzene rings is 1. The maximum atomic E-state index is 12.1. The Morgan fingerprint density at radius 2 is 1.81 bits per heavy atom. The summed E-state index contributed by atoms with van der Waals surface area (Å²) in [7, 11) is 0. The second kappa shape index (κ2) is 7.51. The summed E-state index contributed by atoms with van der Waals surface area (Å²) in [6.45, 7) is 2.26. The summed E-state index contributed by atoms with van der Waals surface area (Å²) in [5, 5.41) is 5.40. The van der Waals surface area contributed by atoms with E-state index < -0.39 is 16.0 Å². The first-order valence-electron chi connectivity index (χ1n) is 6.48. The number of hydrogen-bond acceptors (Lipinski definition) is 3. The number of alkyl halides is 3. The van der Waals surface area contributed by atoms with Gasteiger partial charge in [0.1, 0.15) is 6.17 Å². The maximum absolute atomic E-state index is 12.1. The minimum absolute atomic E-state index is 0.427. The van der Waals surface area contributed by atoms with Crippen LogP contribution in [0.15, 0.2) is 30.3 Å². The van der Waals surface area contributed by atoms with Gasteiger partial charge in [-0.3, -0.25) is 4.90 Å². The number of urea groups is 1. The molecule has 1 aliphatic rings. The van der Waals surface area contributed by atoms with Gasteiger partial charge < -0.3 is 15.4 Å². The first-order chi connectivity index (χ1) is 9.97. The van der Waals surface area contributed by atoms with Crippen molar-refractivity contribution in [3.63, 3.8) is 0 Å². The third-order valence-corrected chi connectivity index (χ3v) is 3.64. The summed E-state index contributed by atoms with van der Waals surface area (Å²) in [6.07, 6.45) is -0.727.